The first-order valence-electron chi connectivity index (χ1n) is 5.94. The van der Waals surface area contributed by atoms with Gasteiger partial charge in [0.1, 0.15) is 0 Å². The molecule has 1 aromatic carbocycles. The number of nitriles is 1. The number of amides is 1. The Balaban J connectivity index is 2.08. The van der Waals surface area contributed by atoms with Gasteiger partial charge in [0.2, 0.25) is 0 Å². The minimum atomic E-state index is -0.0887. The van der Waals surface area contributed by atoms with E-state index in [0.717, 1.165) is 26.6 Å². The third kappa shape index (κ3) is 3.21. The summed E-state index contributed by atoms with van der Waals surface area (Å²) in [6.07, 6.45) is 0.386. The van der Waals surface area contributed by atoms with E-state index in [4.69, 9.17) is 5.26 Å². The minimum absolute atomic E-state index is 0.0887. The van der Waals surface area contributed by atoms with E-state index in [1.54, 1.807) is 0 Å². The molecule has 0 saturated carbocycles. The Morgan fingerprint density at radius 3 is 2.53 bits per heavy atom. The second-order valence-corrected chi connectivity index (χ2v) is 5.59. The van der Waals surface area contributed by atoms with E-state index in [2.05, 4.69) is 11.4 Å². The molecule has 0 saturated heterocycles. The lowest BCUT2D eigenvalue weighted by atomic mass is 10.1. The number of nitrogens with one attached hydrogen (secondary N) is 1. The second kappa shape index (κ2) is 5.68. The van der Waals surface area contributed by atoms with Crippen molar-refractivity contribution < 1.29 is 4.79 Å². The molecule has 0 atom stereocenters. The zero-order chi connectivity index (χ0) is 13.8. The molecule has 1 aromatic heterocycles. The first-order valence-corrected chi connectivity index (χ1v) is 6.76. The van der Waals surface area contributed by atoms with Gasteiger partial charge in [-0.05, 0) is 43.2 Å². The number of hydrogen-bond acceptors (Lipinski definition) is 3. The number of nitrogens with zero attached hydrogens (tertiary/aromatic N) is 1. The molecule has 0 unspecified atom stereocenters. The van der Waals surface area contributed by atoms with Crippen LogP contribution in [-0.4, -0.2) is 5.91 Å². The molecule has 1 N–H and O–H groups in total. The molecule has 3 nitrogen and oxygen atoms in total. The Bertz CT molecular complexity index is 616. The van der Waals surface area contributed by atoms with E-state index < -0.39 is 0 Å². The number of rotatable bonds is 3. The van der Waals surface area contributed by atoms with Crippen molar-refractivity contribution in [2.45, 2.75) is 20.3 Å². The summed E-state index contributed by atoms with van der Waals surface area (Å²) >= 11 is 1.50. The average molecular weight is 270 g/mol. The highest BCUT2D eigenvalue weighted by Crippen LogP contribution is 2.21. The first kappa shape index (κ1) is 13.3. The van der Waals surface area contributed by atoms with E-state index in [1.807, 2.05) is 44.2 Å². The molecular weight excluding hydrogens is 256 g/mol. The molecule has 0 spiro atoms. The van der Waals surface area contributed by atoms with Gasteiger partial charge < -0.3 is 5.32 Å². The molecule has 19 heavy (non-hydrogen) atoms. The normalized spacial score (nSPS) is 9.95. The van der Waals surface area contributed by atoms with Gasteiger partial charge in [0, 0.05) is 10.6 Å². The van der Waals surface area contributed by atoms with Crippen molar-refractivity contribution in [1.29, 1.82) is 5.26 Å². The number of hydrogen-bond donors (Lipinski definition) is 1. The van der Waals surface area contributed by atoms with Crippen LogP contribution in [0.1, 0.15) is 25.7 Å². The van der Waals surface area contributed by atoms with Crippen LogP contribution in [0.25, 0.3) is 0 Å². The molecule has 0 radical (unpaired) electrons. The molecular formula is C15H14N2OS. The quantitative estimate of drug-likeness (QED) is 0.924. The number of thiophene rings is 1. The fourth-order valence-corrected chi connectivity index (χ4v) is 2.60. The van der Waals surface area contributed by atoms with Gasteiger partial charge in [0.15, 0.2) is 0 Å². The van der Waals surface area contributed by atoms with E-state index in [-0.39, 0.29) is 5.91 Å². The van der Waals surface area contributed by atoms with Crippen molar-refractivity contribution >= 4 is 22.9 Å². The van der Waals surface area contributed by atoms with E-state index in [1.165, 1.54) is 11.3 Å². The van der Waals surface area contributed by atoms with Gasteiger partial charge in [0.05, 0.1) is 17.4 Å². The van der Waals surface area contributed by atoms with Gasteiger partial charge in [-0.15, -0.1) is 11.3 Å². The SMILES string of the molecule is Cc1cc(C(=O)Nc2ccc(CC#N)cc2)sc1C. The fourth-order valence-electron chi connectivity index (χ4n) is 1.67. The largest absolute Gasteiger partial charge is 0.321 e. The Kier molecular flexibility index (Phi) is 3.98. The summed E-state index contributed by atoms with van der Waals surface area (Å²) in [5.41, 5.74) is 2.83. The monoisotopic (exact) mass is 270 g/mol. The van der Waals surface area contributed by atoms with E-state index >= 15 is 0 Å². The maximum atomic E-state index is 12.0. The summed E-state index contributed by atoms with van der Waals surface area (Å²) in [4.78, 5) is 13.9. The summed E-state index contributed by atoms with van der Waals surface area (Å²) in [6.45, 7) is 4.01. The van der Waals surface area contributed by atoms with E-state index in [9.17, 15) is 4.79 Å². The lowest BCUT2D eigenvalue weighted by Gasteiger charge is -2.04. The standard InChI is InChI=1S/C15H14N2OS/c1-10-9-14(19-11(10)2)15(18)17-13-5-3-12(4-6-13)7-8-16/h3-6,9H,7H2,1-2H3,(H,17,18). The predicted octanol–water partition coefficient (Wildman–Crippen LogP) is 3.68. The summed E-state index contributed by atoms with van der Waals surface area (Å²) in [7, 11) is 0. The van der Waals surface area contributed by atoms with Gasteiger partial charge in [-0.2, -0.15) is 5.26 Å². The maximum absolute atomic E-state index is 12.0. The maximum Gasteiger partial charge on any atom is 0.265 e. The Labute approximate surface area is 116 Å². The Morgan fingerprint density at radius 2 is 2.00 bits per heavy atom. The highest BCUT2D eigenvalue weighted by molar-refractivity contribution is 7.14. The number of carbonyl (C=O) groups is 1. The molecule has 4 heteroatoms. The second-order valence-electron chi connectivity index (χ2n) is 4.34. The van der Waals surface area contributed by atoms with Crippen LogP contribution in [0, 0.1) is 25.2 Å². The van der Waals surface area contributed by atoms with Crippen LogP contribution in [0.3, 0.4) is 0 Å². The molecule has 0 bridgehead atoms. The topological polar surface area (TPSA) is 52.9 Å². The third-order valence-electron chi connectivity index (χ3n) is 2.88. The van der Waals surface area contributed by atoms with Crippen molar-refractivity contribution in [3.63, 3.8) is 0 Å². The van der Waals surface area contributed by atoms with Crippen molar-refractivity contribution in [3.05, 3.63) is 51.2 Å². The smallest absolute Gasteiger partial charge is 0.265 e. The first-order chi connectivity index (χ1) is 9.10. The molecule has 0 fully saturated rings. The highest BCUT2D eigenvalue weighted by Gasteiger charge is 2.10. The van der Waals surface area contributed by atoms with Crippen LogP contribution in [0.15, 0.2) is 30.3 Å². The summed E-state index contributed by atoms with van der Waals surface area (Å²) in [5, 5.41) is 11.4. The molecule has 0 aliphatic carbocycles. The highest BCUT2D eigenvalue weighted by atomic mass is 32.1. The Morgan fingerprint density at radius 1 is 1.32 bits per heavy atom. The number of aryl methyl sites for hydroxylation is 2. The van der Waals surface area contributed by atoms with Crippen LogP contribution in [0.5, 0.6) is 0 Å². The van der Waals surface area contributed by atoms with Crippen molar-refractivity contribution in [3.8, 4) is 6.07 Å². The van der Waals surface area contributed by atoms with Gasteiger partial charge in [-0.3, -0.25) is 4.79 Å². The van der Waals surface area contributed by atoms with Crippen LogP contribution in [-0.2, 0) is 6.42 Å². The predicted molar refractivity (Wildman–Crippen MR) is 77.5 cm³/mol. The molecule has 1 amide bonds. The summed E-state index contributed by atoms with van der Waals surface area (Å²) in [6, 6.07) is 11.3. The molecule has 2 aromatic rings. The van der Waals surface area contributed by atoms with Crippen molar-refractivity contribution in [1.82, 2.24) is 0 Å². The van der Waals surface area contributed by atoms with Crippen molar-refractivity contribution in [2.75, 3.05) is 5.32 Å². The molecule has 96 valence electrons. The van der Waals surface area contributed by atoms with E-state index in [0.29, 0.717) is 6.42 Å². The van der Waals surface area contributed by atoms with Crippen LogP contribution in [0.4, 0.5) is 5.69 Å². The lowest BCUT2D eigenvalue weighted by molar-refractivity contribution is 0.103. The molecule has 0 aliphatic rings. The van der Waals surface area contributed by atoms with Crippen LogP contribution < -0.4 is 5.32 Å². The minimum Gasteiger partial charge on any atom is -0.321 e. The third-order valence-corrected chi connectivity index (χ3v) is 4.04. The Hall–Kier alpha value is -2.12. The molecule has 1 heterocycles. The van der Waals surface area contributed by atoms with Crippen molar-refractivity contribution in [2.24, 2.45) is 0 Å². The lowest BCUT2D eigenvalue weighted by Crippen LogP contribution is -2.09. The number of benzene rings is 1. The number of anilines is 1. The number of carbonyl (C=O) groups excluding carboxylic acids is 1. The van der Waals surface area contributed by atoms with Gasteiger partial charge in [-0.25, -0.2) is 0 Å². The van der Waals surface area contributed by atoms with Gasteiger partial charge in [-0.1, -0.05) is 12.1 Å². The summed E-state index contributed by atoms with van der Waals surface area (Å²) in [5.74, 6) is -0.0887. The van der Waals surface area contributed by atoms with Crippen LogP contribution >= 0.6 is 11.3 Å². The van der Waals surface area contributed by atoms with Gasteiger partial charge >= 0.3 is 0 Å². The van der Waals surface area contributed by atoms with Gasteiger partial charge in [0.25, 0.3) is 5.91 Å². The molecule has 2 rings (SSSR count). The molecule has 0 aliphatic heterocycles. The fraction of sp³-hybridized carbons (Fsp3) is 0.200. The average Bonchev–Trinajstić information content (AvgIpc) is 2.72. The zero-order valence-electron chi connectivity index (χ0n) is 10.9. The summed E-state index contributed by atoms with van der Waals surface area (Å²) < 4.78 is 0. The van der Waals surface area contributed by atoms with Crippen LogP contribution in [0.2, 0.25) is 0 Å². The zero-order valence-corrected chi connectivity index (χ0v) is 11.7.